The topological polar surface area (TPSA) is 47.0 Å². The van der Waals surface area contributed by atoms with Gasteiger partial charge in [0.2, 0.25) is 0 Å². The van der Waals surface area contributed by atoms with Gasteiger partial charge < -0.3 is 19.8 Å². The van der Waals surface area contributed by atoms with Crippen molar-refractivity contribution in [3.8, 4) is 11.8 Å². The number of nitrogens with zero attached hydrogens (tertiary/aromatic N) is 3. The molecule has 1 saturated heterocycles. The van der Waals surface area contributed by atoms with E-state index in [0.29, 0.717) is 35.9 Å². The van der Waals surface area contributed by atoms with Gasteiger partial charge in [-0.15, -0.1) is 0 Å². The van der Waals surface area contributed by atoms with E-state index in [2.05, 4.69) is 35.7 Å². The van der Waals surface area contributed by atoms with Crippen LogP contribution in [0, 0.1) is 23.6 Å². The molecule has 1 unspecified atom stereocenters. The van der Waals surface area contributed by atoms with E-state index in [1.165, 1.54) is 6.07 Å². The first-order valence-corrected chi connectivity index (χ1v) is 12.1. The normalized spacial score (nSPS) is 21.8. The number of amides is 1. The van der Waals surface area contributed by atoms with Crippen molar-refractivity contribution >= 4 is 17.3 Å². The van der Waals surface area contributed by atoms with Crippen LogP contribution < -0.4 is 9.80 Å². The summed E-state index contributed by atoms with van der Waals surface area (Å²) < 4.78 is 15.1. The van der Waals surface area contributed by atoms with Gasteiger partial charge in [0.15, 0.2) is 0 Å². The van der Waals surface area contributed by atoms with Gasteiger partial charge in [0.1, 0.15) is 11.4 Å². The van der Waals surface area contributed by atoms with Crippen LogP contribution in [0.15, 0.2) is 36.4 Å². The summed E-state index contributed by atoms with van der Waals surface area (Å²) in [7, 11) is 4.11. The highest BCUT2D eigenvalue weighted by atomic mass is 19.1. The summed E-state index contributed by atoms with van der Waals surface area (Å²) in [6.07, 6.45) is 3.73. The van der Waals surface area contributed by atoms with Gasteiger partial charge in [0, 0.05) is 42.5 Å². The van der Waals surface area contributed by atoms with E-state index in [9.17, 15) is 9.90 Å². The van der Waals surface area contributed by atoms with E-state index in [1.54, 1.807) is 24.0 Å². The van der Waals surface area contributed by atoms with Crippen molar-refractivity contribution in [1.29, 1.82) is 0 Å². The summed E-state index contributed by atoms with van der Waals surface area (Å²) in [6.45, 7) is 3.90. The number of hydrogen-bond donors (Lipinski definition) is 1. The number of aliphatic hydroxyl groups is 1. The predicted molar refractivity (Wildman–Crippen MR) is 133 cm³/mol. The van der Waals surface area contributed by atoms with Crippen molar-refractivity contribution in [1.82, 2.24) is 4.90 Å². The lowest BCUT2D eigenvalue weighted by atomic mass is 9.95. The third-order valence-electron chi connectivity index (χ3n) is 7.50. The molecule has 3 aliphatic rings. The molecule has 2 aromatic rings. The fourth-order valence-corrected chi connectivity index (χ4v) is 5.06. The largest absolute Gasteiger partial charge is 0.378 e. The molecule has 5 rings (SSSR count). The minimum atomic E-state index is -0.957. The monoisotopic (exact) mass is 461 g/mol. The molecule has 0 radical (unpaired) electrons. The van der Waals surface area contributed by atoms with E-state index in [4.69, 9.17) is 0 Å². The number of likely N-dealkylation sites (N-methyl/N-ethyl adjacent to an activating group) is 1. The van der Waals surface area contributed by atoms with E-state index in [0.717, 1.165) is 43.5 Å². The number of hydrogen-bond acceptors (Lipinski definition) is 4. The molecule has 1 saturated carbocycles. The van der Waals surface area contributed by atoms with Crippen molar-refractivity contribution in [2.45, 2.75) is 44.2 Å². The Labute approximate surface area is 201 Å². The maximum Gasteiger partial charge on any atom is 0.258 e. The van der Waals surface area contributed by atoms with E-state index in [1.807, 2.05) is 18.2 Å². The molecule has 0 spiro atoms. The lowest BCUT2D eigenvalue weighted by Crippen LogP contribution is -2.37. The molecule has 0 bridgehead atoms. The smallest absolute Gasteiger partial charge is 0.258 e. The lowest BCUT2D eigenvalue weighted by Gasteiger charge is -2.29. The highest BCUT2D eigenvalue weighted by molar-refractivity contribution is 6.08. The Kier molecular flexibility index (Phi) is 5.87. The first kappa shape index (κ1) is 22.9. The second kappa shape index (κ2) is 8.72. The Morgan fingerprint density at radius 2 is 1.91 bits per heavy atom. The third kappa shape index (κ3) is 4.43. The summed E-state index contributed by atoms with van der Waals surface area (Å²) in [6, 6.07) is 11.1. The number of carbonyl (C=O) groups is 1. The molecule has 2 aliphatic heterocycles. The summed E-state index contributed by atoms with van der Waals surface area (Å²) >= 11 is 0. The molecule has 0 aromatic heterocycles. The van der Waals surface area contributed by atoms with Crippen molar-refractivity contribution in [3.05, 3.63) is 58.9 Å². The first-order valence-electron chi connectivity index (χ1n) is 12.1. The van der Waals surface area contributed by atoms with Crippen LogP contribution in [-0.2, 0) is 6.42 Å². The molecule has 34 heavy (non-hydrogen) atoms. The van der Waals surface area contributed by atoms with E-state index >= 15 is 4.39 Å². The standard InChI is InChI=1S/C28H32FN3O2/c1-28(34,21-5-6-21)13-10-19-4-8-24-20(16-19)11-15-32(27(24)33)22-7-9-26(25(29)17-22)31-14-12-23(18-31)30(2)3/h4,7-9,16-17,21,23,34H,5-6,11-12,14-15,18H2,1-3H3/t23-,28?/m1/s1. The van der Waals surface area contributed by atoms with E-state index in [-0.39, 0.29) is 17.6 Å². The Morgan fingerprint density at radius 1 is 1.12 bits per heavy atom. The number of anilines is 2. The van der Waals surface area contributed by atoms with Crippen LogP contribution in [0.2, 0.25) is 0 Å². The molecule has 2 fully saturated rings. The fraction of sp³-hybridized carbons (Fsp3) is 0.464. The zero-order valence-electron chi connectivity index (χ0n) is 20.1. The van der Waals surface area contributed by atoms with Gasteiger partial charge in [-0.3, -0.25) is 4.79 Å². The fourth-order valence-electron chi connectivity index (χ4n) is 5.06. The minimum absolute atomic E-state index is 0.119. The van der Waals surface area contributed by atoms with Crippen LogP contribution in [0.25, 0.3) is 0 Å². The van der Waals surface area contributed by atoms with Crippen LogP contribution in [0.5, 0.6) is 0 Å². The molecule has 1 N–H and O–H groups in total. The number of fused-ring (bicyclic) bond motifs is 1. The second-order valence-corrected chi connectivity index (χ2v) is 10.2. The van der Waals surface area contributed by atoms with Gasteiger partial charge in [-0.05, 0) is 94.6 Å². The predicted octanol–water partition coefficient (Wildman–Crippen LogP) is 3.68. The molecular weight excluding hydrogens is 429 g/mol. The van der Waals surface area contributed by atoms with Gasteiger partial charge in [-0.25, -0.2) is 4.39 Å². The van der Waals surface area contributed by atoms with Crippen LogP contribution in [0.3, 0.4) is 0 Å². The van der Waals surface area contributed by atoms with Gasteiger partial charge in [0.25, 0.3) is 5.91 Å². The summed E-state index contributed by atoms with van der Waals surface area (Å²) in [5.74, 6) is 5.93. The average Bonchev–Trinajstić information content (AvgIpc) is 3.56. The van der Waals surface area contributed by atoms with Gasteiger partial charge >= 0.3 is 0 Å². The molecular formula is C28H32FN3O2. The molecule has 1 aliphatic carbocycles. The number of benzene rings is 2. The van der Waals surface area contributed by atoms with Gasteiger partial charge in [0.05, 0.1) is 5.69 Å². The zero-order valence-corrected chi connectivity index (χ0v) is 20.1. The van der Waals surface area contributed by atoms with Gasteiger partial charge in [-0.1, -0.05) is 11.8 Å². The summed E-state index contributed by atoms with van der Waals surface area (Å²) in [5, 5.41) is 10.4. The Morgan fingerprint density at radius 3 is 2.59 bits per heavy atom. The highest BCUT2D eigenvalue weighted by Gasteiger charge is 2.38. The second-order valence-electron chi connectivity index (χ2n) is 10.2. The third-order valence-corrected chi connectivity index (χ3v) is 7.50. The summed E-state index contributed by atoms with van der Waals surface area (Å²) in [4.78, 5) is 19.1. The van der Waals surface area contributed by atoms with Crippen molar-refractivity contribution in [3.63, 3.8) is 0 Å². The molecule has 178 valence electrons. The molecule has 2 atom stereocenters. The molecule has 5 nitrogen and oxygen atoms in total. The van der Waals surface area contributed by atoms with E-state index < -0.39 is 5.60 Å². The van der Waals surface area contributed by atoms with Crippen molar-refractivity contribution in [2.24, 2.45) is 5.92 Å². The molecule has 1 amide bonds. The maximum atomic E-state index is 15.1. The quantitative estimate of drug-likeness (QED) is 0.706. The first-order chi connectivity index (χ1) is 16.2. The van der Waals surface area contributed by atoms with Crippen LogP contribution in [0.1, 0.15) is 47.7 Å². The summed E-state index contributed by atoms with van der Waals surface area (Å²) in [5.41, 5.74) is 2.61. The zero-order chi connectivity index (χ0) is 24.0. The Bertz CT molecular complexity index is 1180. The Hall–Kier alpha value is -2.88. The van der Waals surface area contributed by atoms with Gasteiger partial charge in [-0.2, -0.15) is 0 Å². The molecule has 2 heterocycles. The van der Waals surface area contributed by atoms with Crippen LogP contribution >= 0.6 is 0 Å². The van der Waals surface area contributed by atoms with Crippen LogP contribution in [-0.4, -0.2) is 61.3 Å². The number of halogens is 1. The highest BCUT2D eigenvalue weighted by Crippen LogP contribution is 2.39. The molecule has 6 heteroatoms. The van der Waals surface area contributed by atoms with Crippen LogP contribution in [0.4, 0.5) is 15.8 Å². The Balaban J connectivity index is 1.32. The SMILES string of the molecule is CN(C)[C@@H]1CCN(c2ccc(N3CCc4cc(C#CC(C)(O)C5CC5)ccc4C3=O)cc2F)C1. The van der Waals surface area contributed by atoms with Crippen molar-refractivity contribution < 1.29 is 14.3 Å². The lowest BCUT2D eigenvalue weighted by molar-refractivity contribution is 0.0974. The number of carbonyl (C=O) groups excluding carboxylic acids is 1. The minimum Gasteiger partial charge on any atom is -0.378 e. The van der Waals surface area contributed by atoms with Crippen molar-refractivity contribution in [2.75, 3.05) is 43.5 Å². The molecule has 2 aromatic carbocycles. The average molecular weight is 462 g/mol. The number of rotatable bonds is 4. The maximum absolute atomic E-state index is 15.1.